The van der Waals surface area contributed by atoms with Crippen LogP contribution in [0.25, 0.3) is 0 Å². The molecule has 8 nitrogen and oxygen atoms in total. The van der Waals surface area contributed by atoms with Crippen LogP contribution in [0.3, 0.4) is 0 Å². The molecule has 32 heavy (non-hydrogen) atoms. The zero-order valence-electron chi connectivity index (χ0n) is 18.8. The van der Waals surface area contributed by atoms with Gasteiger partial charge in [0.15, 0.2) is 0 Å². The summed E-state index contributed by atoms with van der Waals surface area (Å²) >= 11 is 1.61. The summed E-state index contributed by atoms with van der Waals surface area (Å²) in [4.78, 5) is 36.3. The first-order chi connectivity index (χ1) is 15.4. The van der Waals surface area contributed by atoms with E-state index in [-0.39, 0.29) is 30.5 Å². The third-order valence-electron chi connectivity index (χ3n) is 5.73. The van der Waals surface area contributed by atoms with Crippen molar-refractivity contribution in [2.24, 2.45) is 5.92 Å². The summed E-state index contributed by atoms with van der Waals surface area (Å²) in [6.07, 6.45) is 4.78. The van der Waals surface area contributed by atoms with Crippen molar-refractivity contribution in [1.82, 2.24) is 16.0 Å². The van der Waals surface area contributed by atoms with Crippen molar-refractivity contribution in [3.8, 4) is 0 Å². The SMILES string of the molecule is CCCC1CC(NC(=O)O)CCC1NC(=O)C(CCSC)NC(=O)OCc1ccccc1. The molecule has 9 heteroatoms. The van der Waals surface area contributed by atoms with Gasteiger partial charge in [-0.3, -0.25) is 4.79 Å². The van der Waals surface area contributed by atoms with E-state index in [0.717, 1.165) is 24.2 Å². The summed E-state index contributed by atoms with van der Waals surface area (Å²) in [6.45, 7) is 2.22. The standard InChI is InChI=1S/C23H35N3O5S/c1-3-7-17-14-18(24-22(28)29)10-11-19(17)25-21(27)20(12-13-32-2)26-23(30)31-15-16-8-5-4-6-9-16/h4-6,8-9,17-20,24H,3,7,10-15H2,1-2H3,(H,25,27)(H,26,30)(H,28,29). The summed E-state index contributed by atoms with van der Waals surface area (Å²) in [7, 11) is 0. The molecule has 2 rings (SSSR count). The van der Waals surface area contributed by atoms with E-state index in [1.807, 2.05) is 36.6 Å². The van der Waals surface area contributed by atoms with Gasteiger partial charge in [-0.25, -0.2) is 9.59 Å². The average Bonchev–Trinajstić information content (AvgIpc) is 2.77. The van der Waals surface area contributed by atoms with Gasteiger partial charge in [0.2, 0.25) is 5.91 Å². The first-order valence-corrected chi connectivity index (χ1v) is 12.6. The Bertz CT molecular complexity index is 734. The fourth-order valence-corrected chi connectivity index (χ4v) is 4.62. The molecule has 0 aliphatic heterocycles. The summed E-state index contributed by atoms with van der Waals surface area (Å²) in [6, 6.07) is 8.58. The number of carbonyl (C=O) groups excluding carboxylic acids is 2. The third-order valence-corrected chi connectivity index (χ3v) is 6.37. The molecule has 1 saturated carbocycles. The van der Waals surface area contributed by atoms with Crippen molar-refractivity contribution >= 4 is 29.9 Å². The van der Waals surface area contributed by atoms with Gasteiger partial charge in [0, 0.05) is 12.1 Å². The van der Waals surface area contributed by atoms with Crippen molar-refractivity contribution < 1.29 is 24.2 Å². The number of benzene rings is 1. The molecule has 0 aromatic heterocycles. The largest absolute Gasteiger partial charge is 0.465 e. The van der Waals surface area contributed by atoms with Gasteiger partial charge in [-0.05, 0) is 55.6 Å². The van der Waals surface area contributed by atoms with Gasteiger partial charge in [-0.15, -0.1) is 0 Å². The number of hydrogen-bond donors (Lipinski definition) is 4. The predicted octanol–water partition coefficient (Wildman–Crippen LogP) is 3.76. The topological polar surface area (TPSA) is 117 Å². The Balaban J connectivity index is 1.93. The van der Waals surface area contributed by atoms with Crippen LogP contribution >= 0.6 is 11.8 Å². The summed E-state index contributed by atoms with van der Waals surface area (Å²) < 4.78 is 5.29. The highest BCUT2D eigenvalue weighted by atomic mass is 32.2. The zero-order valence-corrected chi connectivity index (χ0v) is 19.7. The van der Waals surface area contributed by atoms with Gasteiger partial charge < -0.3 is 25.8 Å². The number of nitrogens with one attached hydrogen (secondary N) is 3. The lowest BCUT2D eigenvalue weighted by Crippen LogP contribution is -2.54. The Kier molecular flexibility index (Phi) is 11.2. The summed E-state index contributed by atoms with van der Waals surface area (Å²) in [5.74, 6) is 0.706. The monoisotopic (exact) mass is 465 g/mol. The van der Waals surface area contributed by atoms with E-state index in [1.54, 1.807) is 11.8 Å². The first kappa shape index (κ1) is 25.8. The normalized spacial score (nSPS) is 21.2. The summed E-state index contributed by atoms with van der Waals surface area (Å²) in [5.41, 5.74) is 0.877. The van der Waals surface area contributed by atoms with E-state index in [4.69, 9.17) is 9.84 Å². The van der Waals surface area contributed by atoms with E-state index in [0.29, 0.717) is 25.7 Å². The quantitative estimate of drug-likeness (QED) is 0.395. The van der Waals surface area contributed by atoms with E-state index in [1.165, 1.54) is 0 Å². The van der Waals surface area contributed by atoms with Crippen LogP contribution in [0.1, 0.15) is 51.0 Å². The second kappa shape index (κ2) is 13.9. The van der Waals surface area contributed by atoms with Crippen molar-refractivity contribution in [1.29, 1.82) is 0 Å². The highest BCUT2D eigenvalue weighted by Gasteiger charge is 2.33. The van der Waals surface area contributed by atoms with E-state index in [9.17, 15) is 14.4 Å². The Morgan fingerprint density at radius 2 is 1.94 bits per heavy atom. The van der Waals surface area contributed by atoms with E-state index in [2.05, 4.69) is 22.9 Å². The molecule has 1 aliphatic carbocycles. The highest BCUT2D eigenvalue weighted by Crippen LogP contribution is 2.28. The van der Waals surface area contributed by atoms with Gasteiger partial charge in [0.25, 0.3) is 0 Å². The number of rotatable bonds is 11. The van der Waals surface area contributed by atoms with E-state index >= 15 is 0 Å². The maximum Gasteiger partial charge on any atom is 0.408 e. The van der Waals surface area contributed by atoms with Crippen molar-refractivity contribution in [3.05, 3.63) is 35.9 Å². The van der Waals surface area contributed by atoms with Gasteiger partial charge >= 0.3 is 12.2 Å². The maximum absolute atomic E-state index is 13.0. The molecule has 3 amide bonds. The van der Waals surface area contributed by atoms with E-state index < -0.39 is 18.2 Å². The average molecular weight is 466 g/mol. The fraction of sp³-hybridized carbons (Fsp3) is 0.609. The molecule has 4 unspecified atom stereocenters. The van der Waals surface area contributed by atoms with Crippen LogP contribution in [-0.4, -0.2) is 53.3 Å². The van der Waals surface area contributed by atoms with Crippen LogP contribution in [0.15, 0.2) is 30.3 Å². The molecule has 0 spiro atoms. The predicted molar refractivity (Wildman–Crippen MR) is 126 cm³/mol. The van der Waals surface area contributed by atoms with Crippen molar-refractivity contribution in [3.63, 3.8) is 0 Å². The molecule has 1 fully saturated rings. The number of amides is 3. The molecule has 0 radical (unpaired) electrons. The molecule has 1 aromatic rings. The molecular formula is C23H35N3O5S. The number of carbonyl (C=O) groups is 3. The number of ether oxygens (including phenoxy) is 1. The Hall–Kier alpha value is -2.42. The zero-order chi connectivity index (χ0) is 23.3. The molecule has 1 aliphatic rings. The van der Waals surface area contributed by atoms with Crippen LogP contribution in [0, 0.1) is 5.92 Å². The molecule has 4 N–H and O–H groups in total. The van der Waals surface area contributed by atoms with Crippen molar-refractivity contribution in [2.75, 3.05) is 12.0 Å². The van der Waals surface area contributed by atoms with Gasteiger partial charge in [0.1, 0.15) is 12.6 Å². The van der Waals surface area contributed by atoms with Gasteiger partial charge in [-0.1, -0.05) is 43.7 Å². The number of hydrogen-bond acceptors (Lipinski definition) is 5. The van der Waals surface area contributed by atoms with Crippen LogP contribution in [-0.2, 0) is 16.1 Å². The molecule has 0 heterocycles. The fourth-order valence-electron chi connectivity index (χ4n) is 4.14. The minimum atomic E-state index is -1.01. The van der Waals surface area contributed by atoms with Crippen LogP contribution < -0.4 is 16.0 Å². The molecular weight excluding hydrogens is 430 g/mol. The second-order valence-electron chi connectivity index (χ2n) is 8.16. The summed E-state index contributed by atoms with van der Waals surface area (Å²) in [5, 5.41) is 17.4. The smallest absolute Gasteiger partial charge is 0.408 e. The molecule has 4 atom stereocenters. The minimum absolute atomic E-state index is 0.0341. The van der Waals surface area contributed by atoms with Crippen molar-refractivity contribution in [2.45, 2.75) is 70.2 Å². The minimum Gasteiger partial charge on any atom is -0.465 e. The number of carboxylic acid groups (broad SMARTS) is 1. The lowest BCUT2D eigenvalue weighted by atomic mass is 9.79. The van der Waals surface area contributed by atoms with Crippen LogP contribution in [0.4, 0.5) is 9.59 Å². The highest BCUT2D eigenvalue weighted by molar-refractivity contribution is 7.98. The van der Waals surface area contributed by atoms with Crippen LogP contribution in [0.5, 0.6) is 0 Å². The second-order valence-corrected chi connectivity index (χ2v) is 9.15. The van der Waals surface area contributed by atoms with Gasteiger partial charge in [-0.2, -0.15) is 11.8 Å². The Morgan fingerprint density at radius 3 is 2.59 bits per heavy atom. The molecule has 0 saturated heterocycles. The molecule has 1 aromatic carbocycles. The maximum atomic E-state index is 13.0. The Morgan fingerprint density at radius 1 is 1.19 bits per heavy atom. The Labute approximate surface area is 194 Å². The molecule has 0 bridgehead atoms. The van der Waals surface area contributed by atoms with Crippen LogP contribution in [0.2, 0.25) is 0 Å². The first-order valence-electron chi connectivity index (χ1n) is 11.2. The lowest BCUT2D eigenvalue weighted by Gasteiger charge is -2.37. The lowest BCUT2D eigenvalue weighted by molar-refractivity contribution is -0.124. The third kappa shape index (κ3) is 8.98. The number of alkyl carbamates (subject to hydrolysis) is 1. The molecule has 178 valence electrons. The van der Waals surface area contributed by atoms with Gasteiger partial charge in [0.05, 0.1) is 0 Å². The number of thioether (sulfide) groups is 1.